The summed E-state index contributed by atoms with van der Waals surface area (Å²) < 4.78 is 23.2. The molecular formula is C22H31FN2O3. The number of ether oxygens (including phenoxy) is 2. The Morgan fingerprint density at radius 3 is 2.36 bits per heavy atom. The molecule has 3 saturated carbocycles. The largest absolute Gasteiger partial charge is 0.489 e. The number of fused-ring (bicyclic) bond motifs is 3. The summed E-state index contributed by atoms with van der Waals surface area (Å²) >= 11 is 0. The zero-order valence-corrected chi connectivity index (χ0v) is 16.6. The zero-order chi connectivity index (χ0) is 20.0. The predicted molar refractivity (Wildman–Crippen MR) is 107 cm³/mol. The second-order valence-corrected chi connectivity index (χ2v) is 8.09. The SMILES string of the molecule is COCCNC(=O)C12CCC(c3ccc(OCC(=CF)CN)cc3)(CC1)CC2. The number of amides is 1. The minimum Gasteiger partial charge on any atom is -0.489 e. The van der Waals surface area contributed by atoms with Crippen LogP contribution in [0, 0.1) is 5.41 Å². The Bertz CT molecular complexity index is 678. The minimum absolute atomic E-state index is 0.151. The van der Waals surface area contributed by atoms with Crippen molar-refractivity contribution >= 4 is 5.91 Å². The van der Waals surface area contributed by atoms with Crippen LogP contribution in [0.15, 0.2) is 36.2 Å². The molecule has 2 bridgehead atoms. The summed E-state index contributed by atoms with van der Waals surface area (Å²) in [5.41, 5.74) is 7.16. The van der Waals surface area contributed by atoms with Gasteiger partial charge in [0.1, 0.15) is 12.4 Å². The van der Waals surface area contributed by atoms with E-state index < -0.39 is 0 Å². The fourth-order valence-electron chi connectivity index (χ4n) is 4.63. The summed E-state index contributed by atoms with van der Waals surface area (Å²) in [5, 5.41) is 3.04. The van der Waals surface area contributed by atoms with Gasteiger partial charge in [0.05, 0.1) is 12.9 Å². The van der Waals surface area contributed by atoms with Crippen molar-refractivity contribution in [2.45, 2.75) is 43.9 Å². The molecule has 1 amide bonds. The number of carbonyl (C=O) groups is 1. The van der Waals surface area contributed by atoms with Crippen LogP contribution in [0.5, 0.6) is 5.75 Å². The highest BCUT2D eigenvalue weighted by molar-refractivity contribution is 5.83. The van der Waals surface area contributed by atoms with E-state index in [0.717, 1.165) is 38.5 Å². The van der Waals surface area contributed by atoms with Crippen LogP contribution in [-0.2, 0) is 14.9 Å². The molecule has 6 heteroatoms. The van der Waals surface area contributed by atoms with Gasteiger partial charge >= 0.3 is 0 Å². The van der Waals surface area contributed by atoms with Gasteiger partial charge in [0, 0.05) is 31.2 Å². The molecule has 4 rings (SSSR count). The number of nitrogens with two attached hydrogens (primary N) is 1. The zero-order valence-electron chi connectivity index (χ0n) is 16.6. The highest BCUT2D eigenvalue weighted by atomic mass is 19.1. The molecule has 3 aliphatic rings. The van der Waals surface area contributed by atoms with Gasteiger partial charge < -0.3 is 20.5 Å². The van der Waals surface area contributed by atoms with Crippen molar-refractivity contribution in [2.24, 2.45) is 11.1 Å². The third-order valence-corrected chi connectivity index (χ3v) is 6.63. The van der Waals surface area contributed by atoms with Gasteiger partial charge in [-0.2, -0.15) is 0 Å². The fourth-order valence-corrected chi connectivity index (χ4v) is 4.63. The highest BCUT2D eigenvalue weighted by Gasteiger charge is 2.52. The summed E-state index contributed by atoms with van der Waals surface area (Å²) in [5.74, 6) is 0.907. The van der Waals surface area contributed by atoms with E-state index in [1.54, 1.807) is 7.11 Å². The lowest BCUT2D eigenvalue weighted by Gasteiger charge is -2.52. The minimum atomic E-state index is -0.199. The van der Waals surface area contributed by atoms with Crippen molar-refractivity contribution < 1.29 is 18.7 Å². The van der Waals surface area contributed by atoms with E-state index in [9.17, 15) is 9.18 Å². The van der Waals surface area contributed by atoms with E-state index in [2.05, 4.69) is 17.4 Å². The number of nitrogens with one attached hydrogen (secondary N) is 1. The van der Waals surface area contributed by atoms with Crippen LogP contribution in [0.2, 0.25) is 0 Å². The average Bonchev–Trinajstić information content (AvgIpc) is 2.76. The Labute approximate surface area is 166 Å². The monoisotopic (exact) mass is 390 g/mol. The average molecular weight is 390 g/mol. The molecule has 1 aromatic carbocycles. The van der Waals surface area contributed by atoms with Crippen LogP contribution in [0.3, 0.4) is 0 Å². The second-order valence-electron chi connectivity index (χ2n) is 8.09. The maximum absolute atomic E-state index is 12.7. The molecule has 5 nitrogen and oxygen atoms in total. The summed E-state index contributed by atoms with van der Waals surface area (Å²) in [7, 11) is 1.64. The van der Waals surface area contributed by atoms with Crippen LogP contribution in [-0.4, -0.2) is 39.3 Å². The number of hydrogen-bond donors (Lipinski definition) is 2. The van der Waals surface area contributed by atoms with E-state index in [1.165, 1.54) is 5.56 Å². The van der Waals surface area contributed by atoms with Crippen LogP contribution in [0.1, 0.15) is 44.1 Å². The summed E-state index contributed by atoms with van der Waals surface area (Å²) in [6.45, 7) is 1.44. The molecule has 3 aliphatic carbocycles. The smallest absolute Gasteiger partial charge is 0.226 e. The van der Waals surface area contributed by atoms with E-state index >= 15 is 0 Å². The Kier molecular flexibility index (Phi) is 6.73. The van der Waals surface area contributed by atoms with Crippen LogP contribution >= 0.6 is 0 Å². The molecule has 0 aliphatic heterocycles. The molecule has 0 radical (unpaired) electrons. The number of methoxy groups -OCH3 is 1. The molecule has 0 aromatic heterocycles. The van der Waals surface area contributed by atoms with E-state index in [-0.39, 0.29) is 29.9 Å². The molecule has 0 unspecified atom stereocenters. The topological polar surface area (TPSA) is 73.6 Å². The molecular weight excluding hydrogens is 359 g/mol. The van der Waals surface area contributed by atoms with E-state index in [0.29, 0.717) is 30.8 Å². The lowest BCUT2D eigenvalue weighted by atomic mass is 9.51. The third-order valence-electron chi connectivity index (χ3n) is 6.63. The van der Waals surface area contributed by atoms with E-state index in [4.69, 9.17) is 15.2 Å². The normalized spacial score (nSPS) is 26.9. The van der Waals surface area contributed by atoms with Gasteiger partial charge in [0.15, 0.2) is 0 Å². The van der Waals surface area contributed by atoms with Crippen molar-refractivity contribution in [2.75, 3.05) is 33.4 Å². The number of carbonyl (C=O) groups excluding carboxylic acids is 1. The Morgan fingerprint density at radius 2 is 1.82 bits per heavy atom. The lowest BCUT2D eigenvalue weighted by molar-refractivity contribution is -0.138. The van der Waals surface area contributed by atoms with Crippen molar-refractivity contribution in [3.63, 3.8) is 0 Å². The highest BCUT2D eigenvalue weighted by Crippen LogP contribution is 2.57. The third kappa shape index (κ3) is 4.23. The first-order chi connectivity index (χ1) is 13.6. The molecule has 0 saturated heterocycles. The van der Waals surface area contributed by atoms with Crippen molar-refractivity contribution in [1.82, 2.24) is 5.32 Å². The quantitative estimate of drug-likeness (QED) is 0.635. The van der Waals surface area contributed by atoms with Gasteiger partial charge in [-0.05, 0) is 61.6 Å². The predicted octanol–water partition coefficient (Wildman–Crippen LogP) is 3.23. The van der Waals surface area contributed by atoms with Crippen molar-refractivity contribution in [1.29, 1.82) is 0 Å². The van der Waals surface area contributed by atoms with Gasteiger partial charge in [-0.3, -0.25) is 4.79 Å². The maximum atomic E-state index is 12.7. The Morgan fingerprint density at radius 1 is 1.18 bits per heavy atom. The van der Waals surface area contributed by atoms with Crippen LogP contribution < -0.4 is 15.8 Å². The number of halogens is 1. The van der Waals surface area contributed by atoms with Gasteiger partial charge in [-0.25, -0.2) is 4.39 Å². The van der Waals surface area contributed by atoms with Gasteiger partial charge in [0.2, 0.25) is 5.91 Å². The first kappa shape index (κ1) is 20.8. The van der Waals surface area contributed by atoms with E-state index in [1.807, 2.05) is 12.1 Å². The van der Waals surface area contributed by atoms with Crippen molar-refractivity contribution in [3.05, 3.63) is 41.7 Å². The maximum Gasteiger partial charge on any atom is 0.226 e. The molecule has 0 heterocycles. The van der Waals surface area contributed by atoms with Crippen molar-refractivity contribution in [3.8, 4) is 5.75 Å². The molecule has 154 valence electrons. The number of hydrogen-bond acceptors (Lipinski definition) is 4. The first-order valence-corrected chi connectivity index (χ1v) is 10.1. The summed E-state index contributed by atoms with van der Waals surface area (Å²) in [4.78, 5) is 12.7. The van der Waals surface area contributed by atoms with Crippen LogP contribution in [0.4, 0.5) is 4.39 Å². The molecule has 3 N–H and O–H groups in total. The van der Waals surface area contributed by atoms with Crippen LogP contribution in [0.25, 0.3) is 0 Å². The van der Waals surface area contributed by atoms with Gasteiger partial charge in [0.25, 0.3) is 0 Å². The molecule has 0 atom stereocenters. The first-order valence-electron chi connectivity index (χ1n) is 10.1. The number of benzene rings is 1. The fraction of sp³-hybridized carbons (Fsp3) is 0.591. The molecule has 3 fully saturated rings. The lowest BCUT2D eigenvalue weighted by Crippen LogP contribution is -2.52. The Hall–Kier alpha value is -1.92. The summed E-state index contributed by atoms with van der Waals surface area (Å²) in [6, 6.07) is 8.13. The standard InChI is InChI=1S/C22H31FN2O3/c1-27-13-12-25-20(26)22-9-6-21(7-10-22,8-11-22)18-2-4-19(5-3-18)28-16-17(14-23)15-24/h2-5,14H,6-13,15-16,24H2,1H3,(H,25,26). The molecule has 1 aromatic rings. The molecule has 28 heavy (non-hydrogen) atoms. The van der Waals surface area contributed by atoms with Gasteiger partial charge in [-0.15, -0.1) is 0 Å². The molecule has 0 spiro atoms. The number of rotatable bonds is 9. The van der Waals surface area contributed by atoms with Gasteiger partial charge in [-0.1, -0.05) is 12.1 Å². The Balaban J connectivity index is 1.60. The second kappa shape index (κ2) is 9.05. The summed E-state index contributed by atoms with van der Waals surface area (Å²) in [6.07, 6.45) is 6.42.